The number of carbonyl (C=O) groups is 2. The second-order valence-electron chi connectivity index (χ2n) is 5.20. The van der Waals surface area contributed by atoms with Crippen molar-refractivity contribution in [1.82, 2.24) is 0 Å². The number of anilines is 1. The average molecular weight is 297 g/mol. The van der Waals surface area contributed by atoms with Gasteiger partial charge in [0.25, 0.3) is 0 Å². The van der Waals surface area contributed by atoms with E-state index >= 15 is 0 Å². The van der Waals surface area contributed by atoms with E-state index in [4.69, 9.17) is 5.11 Å². The van der Waals surface area contributed by atoms with Gasteiger partial charge < -0.3 is 10.4 Å². The summed E-state index contributed by atoms with van der Waals surface area (Å²) in [5, 5.41) is 11.9. The monoisotopic (exact) mass is 297 g/mol. The maximum absolute atomic E-state index is 12.5. The molecular formula is C18H19NO3. The summed E-state index contributed by atoms with van der Waals surface area (Å²) in [6.07, 6.45) is 0.697. The van der Waals surface area contributed by atoms with E-state index < -0.39 is 5.97 Å². The van der Waals surface area contributed by atoms with Crippen molar-refractivity contribution >= 4 is 17.6 Å². The lowest BCUT2D eigenvalue weighted by molar-refractivity contribution is -0.117. The standard InChI is InChI=1S/C18H19NO3/c1-3-15(13-7-5-4-6-8-13)17(20)19-16-10-9-14(18(21)22)11-12(16)2/h4-11,15H,3H2,1-2H3,(H,19,20)(H,21,22). The largest absolute Gasteiger partial charge is 0.478 e. The zero-order valence-corrected chi connectivity index (χ0v) is 12.7. The summed E-state index contributed by atoms with van der Waals surface area (Å²) in [6.45, 7) is 3.75. The van der Waals surface area contributed by atoms with Crippen LogP contribution >= 0.6 is 0 Å². The molecule has 0 aromatic heterocycles. The van der Waals surface area contributed by atoms with Crippen molar-refractivity contribution in [3.63, 3.8) is 0 Å². The normalized spacial score (nSPS) is 11.7. The van der Waals surface area contributed by atoms with Crippen molar-refractivity contribution in [3.05, 3.63) is 65.2 Å². The topological polar surface area (TPSA) is 66.4 Å². The number of rotatable bonds is 5. The van der Waals surface area contributed by atoms with E-state index in [0.29, 0.717) is 12.1 Å². The van der Waals surface area contributed by atoms with E-state index in [2.05, 4.69) is 5.32 Å². The van der Waals surface area contributed by atoms with E-state index in [9.17, 15) is 9.59 Å². The van der Waals surface area contributed by atoms with Crippen LogP contribution in [0.3, 0.4) is 0 Å². The van der Waals surface area contributed by atoms with Crippen molar-refractivity contribution in [2.45, 2.75) is 26.2 Å². The minimum absolute atomic E-state index is 0.0834. The number of aromatic carboxylic acids is 1. The van der Waals surface area contributed by atoms with Gasteiger partial charge in [0, 0.05) is 5.69 Å². The Kier molecular flexibility index (Phi) is 4.94. The van der Waals surface area contributed by atoms with Crippen LogP contribution in [0, 0.1) is 6.92 Å². The minimum Gasteiger partial charge on any atom is -0.478 e. The van der Waals surface area contributed by atoms with Crippen LogP contribution in [0.2, 0.25) is 0 Å². The second kappa shape index (κ2) is 6.89. The molecule has 0 fully saturated rings. The molecule has 0 radical (unpaired) electrons. The highest BCUT2D eigenvalue weighted by atomic mass is 16.4. The van der Waals surface area contributed by atoms with Gasteiger partial charge in [-0.1, -0.05) is 37.3 Å². The Labute approximate surface area is 129 Å². The first-order valence-electron chi connectivity index (χ1n) is 7.22. The number of carbonyl (C=O) groups excluding carboxylic acids is 1. The fourth-order valence-corrected chi connectivity index (χ4v) is 2.41. The number of benzene rings is 2. The molecule has 0 aliphatic heterocycles. The van der Waals surface area contributed by atoms with Gasteiger partial charge in [-0.05, 0) is 42.7 Å². The number of hydrogen-bond acceptors (Lipinski definition) is 2. The van der Waals surface area contributed by atoms with Crippen LogP contribution < -0.4 is 5.32 Å². The fourth-order valence-electron chi connectivity index (χ4n) is 2.41. The molecule has 0 saturated carbocycles. The summed E-state index contributed by atoms with van der Waals surface area (Å²) < 4.78 is 0. The molecule has 0 spiro atoms. The van der Waals surface area contributed by atoms with E-state index in [1.54, 1.807) is 19.1 Å². The first kappa shape index (κ1) is 15.8. The summed E-state index contributed by atoms with van der Waals surface area (Å²) in [5.41, 5.74) is 2.56. The summed E-state index contributed by atoms with van der Waals surface area (Å²) in [4.78, 5) is 23.4. The molecule has 2 rings (SSSR count). The SMILES string of the molecule is CCC(C(=O)Nc1ccc(C(=O)O)cc1C)c1ccccc1. The Morgan fingerprint density at radius 3 is 2.36 bits per heavy atom. The van der Waals surface area contributed by atoms with Crippen LogP contribution in [0.5, 0.6) is 0 Å². The highest BCUT2D eigenvalue weighted by molar-refractivity contribution is 5.97. The highest BCUT2D eigenvalue weighted by Crippen LogP contribution is 2.23. The molecule has 1 amide bonds. The van der Waals surface area contributed by atoms with Crippen molar-refractivity contribution < 1.29 is 14.7 Å². The number of carboxylic acids is 1. The number of amides is 1. The van der Waals surface area contributed by atoms with Gasteiger partial charge in [-0.25, -0.2) is 4.79 Å². The van der Waals surface area contributed by atoms with Crippen molar-refractivity contribution in [1.29, 1.82) is 0 Å². The van der Waals surface area contributed by atoms with Crippen LogP contribution in [0.25, 0.3) is 0 Å². The van der Waals surface area contributed by atoms with Crippen molar-refractivity contribution in [2.24, 2.45) is 0 Å². The van der Waals surface area contributed by atoms with Crippen LogP contribution in [-0.2, 0) is 4.79 Å². The molecule has 2 aromatic rings. The molecule has 2 aromatic carbocycles. The van der Waals surface area contributed by atoms with Gasteiger partial charge >= 0.3 is 5.97 Å². The lowest BCUT2D eigenvalue weighted by Gasteiger charge is -2.16. The lowest BCUT2D eigenvalue weighted by atomic mass is 9.95. The second-order valence-corrected chi connectivity index (χ2v) is 5.20. The van der Waals surface area contributed by atoms with Gasteiger partial charge in [-0.2, -0.15) is 0 Å². The zero-order chi connectivity index (χ0) is 16.1. The molecule has 0 heterocycles. The maximum atomic E-state index is 12.5. The zero-order valence-electron chi connectivity index (χ0n) is 12.7. The van der Waals surface area contributed by atoms with Gasteiger partial charge in [-0.3, -0.25) is 4.79 Å². The first-order valence-corrected chi connectivity index (χ1v) is 7.22. The molecule has 114 valence electrons. The Bertz CT molecular complexity index is 680. The van der Waals surface area contributed by atoms with Crippen LogP contribution in [0.1, 0.15) is 40.7 Å². The number of nitrogens with one attached hydrogen (secondary N) is 1. The molecule has 22 heavy (non-hydrogen) atoms. The Morgan fingerprint density at radius 1 is 1.14 bits per heavy atom. The number of aryl methyl sites for hydroxylation is 1. The molecule has 0 saturated heterocycles. The molecule has 4 nitrogen and oxygen atoms in total. The molecule has 2 N–H and O–H groups in total. The quantitative estimate of drug-likeness (QED) is 0.881. The third-order valence-corrected chi connectivity index (χ3v) is 3.66. The van der Waals surface area contributed by atoms with E-state index in [0.717, 1.165) is 11.1 Å². The molecular weight excluding hydrogens is 278 g/mol. The Balaban J connectivity index is 2.19. The molecule has 0 bridgehead atoms. The summed E-state index contributed by atoms with van der Waals surface area (Å²) in [7, 11) is 0. The fraction of sp³-hybridized carbons (Fsp3) is 0.222. The van der Waals surface area contributed by atoms with Crippen LogP contribution in [0.4, 0.5) is 5.69 Å². The Hall–Kier alpha value is -2.62. The molecule has 1 unspecified atom stereocenters. The predicted molar refractivity (Wildman–Crippen MR) is 86.2 cm³/mol. The predicted octanol–water partition coefficient (Wildman–Crippen LogP) is 3.83. The molecule has 0 aliphatic carbocycles. The van der Waals surface area contributed by atoms with Crippen molar-refractivity contribution in [3.8, 4) is 0 Å². The third-order valence-electron chi connectivity index (χ3n) is 3.66. The minimum atomic E-state index is -0.975. The van der Waals surface area contributed by atoms with Gasteiger partial charge in [0.1, 0.15) is 0 Å². The van der Waals surface area contributed by atoms with E-state index in [1.807, 2.05) is 37.3 Å². The van der Waals surface area contributed by atoms with E-state index in [-0.39, 0.29) is 17.4 Å². The summed E-state index contributed by atoms with van der Waals surface area (Å²) in [5.74, 6) is -1.28. The first-order chi connectivity index (χ1) is 10.5. The van der Waals surface area contributed by atoms with Crippen molar-refractivity contribution in [2.75, 3.05) is 5.32 Å². The Morgan fingerprint density at radius 2 is 1.82 bits per heavy atom. The number of carboxylic acid groups (broad SMARTS) is 1. The maximum Gasteiger partial charge on any atom is 0.335 e. The average Bonchev–Trinajstić information content (AvgIpc) is 2.51. The van der Waals surface area contributed by atoms with E-state index in [1.165, 1.54) is 6.07 Å². The van der Waals surface area contributed by atoms with Crippen LogP contribution in [0.15, 0.2) is 48.5 Å². The van der Waals surface area contributed by atoms with Gasteiger partial charge in [-0.15, -0.1) is 0 Å². The highest BCUT2D eigenvalue weighted by Gasteiger charge is 2.19. The van der Waals surface area contributed by atoms with Gasteiger partial charge in [0.05, 0.1) is 11.5 Å². The summed E-state index contributed by atoms with van der Waals surface area (Å²) in [6, 6.07) is 14.3. The molecule has 1 atom stereocenters. The molecule has 4 heteroatoms. The van der Waals surface area contributed by atoms with Gasteiger partial charge in [0.2, 0.25) is 5.91 Å². The lowest BCUT2D eigenvalue weighted by Crippen LogP contribution is -2.21. The van der Waals surface area contributed by atoms with Crippen LogP contribution in [-0.4, -0.2) is 17.0 Å². The summed E-state index contributed by atoms with van der Waals surface area (Å²) >= 11 is 0. The smallest absolute Gasteiger partial charge is 0.335 e. The third kappa shape index (κ3) is 3.52. The molecule has 0 aliphatic rings. The van der Waals surface area contributed by atoms with Gasteiger partial charge in [0.15, 0.2) is 0 Å². The number of hydrogen-bond donors (Lipinski definition) is 2.